The van der Waals surface area contributed by atoms with Crippen LogP contribution in [0.5, 0.6) is 0 Å². The van der Waals surface area contributed by atoms with E-state index in [4.69, 9.17) is 0 Å². The summed E-state index contributed by atoms with van der Waals surface area (Å²) in [5.41, 5.74) is -3.54. The van der Waals surface area contributed by atoms with E-state index in [1.165, 1.54) is 12.1 Å². The molecule has 0 aliphatic carbocycles. The number of rotatable bonds is 7. The fraction of sp³-hybridized carbons (Fsp3) is 0.500. The molecule has 112 valence electrons. The number of halogens is 3. The molecule has 4 nitrogen and oxygen atoms in total. The SMILES string of the molecule is CCC(NCCSC(F)(F)F)c1cccc([N+](=O)[O-])c1. The molecule has 1 aromatic carbocycles. The Hall–Kier alpha value is -1.28. The molecule has 0 bridgehead atoms. The molecule has 0 aromatic heterocycles. The van der Waals surface area contributed by atoms with Crippen molar-refractivity contribution in [3.05, 3.63) is 39.9 Å². The van der Waals surface area contributed by atoms with Crippen molar-refractivity contribution >= 4 is 17.4 Å². The van der Waals surface area contributed by atoms with E-state index < -0.39 is 10.4 Å². The lowest BCUT2D eigenvalue weighted by molar-refractivity contribution is -0.384. The summed E-state index contributed by atoms with van der Waals surface area (Å²) < 4.78 is 36.0. The number of hydrogen-bond donors (Lipinski definition) is 1. The van der Waals surface area contributed by atoms with Crippen molar-refractivity contribution in [2.45, 2.75) is 24.9 Å². The van der Waals surface area contributed by atoms with Crippen LogP contribution in [0.4, 0.5) is 18.9 Å². The highest BCUT2D eigenvalue weighted by Crippen LogP contribution is 2.29. The van der Waals surface area contributed by atoms with Crippen LogP contribution in [0.25, 0.3) is 0 Å². The van der Waals surface area contributed by atoms with Crippen molar-refractivity contribution in [2.75, 3.05) is 12.3 Å². The molecule has 0 spiro atoms. The zero-order chi connectivity index (χ0) is 15.2. The number of non-ortho nitro benzene ring substituents is 1. The van der Waals surface area contributed by atoms with Crippen molar-refractivity contribution < 1.29 is 18.1 Å². The van der Waals surface area contributed by atoms with Gasteiger partial charge in [0.25, 0.3) is 5.69 Å². The van der Waals surface area contributed by atoms with E-state index in [9.17, 15) is 23.3 Å². The number of nitro benzene ring substituents is 1. The molecule has 0 fully saturated rings. The smallest absolute Gasteiger partial charge is 0.309 e. The molecular formula is C12H15F3N2O2S. The number of hydrogen-bond acceptors (Lipinski definition) is 4. The highest BCUT2D eigenvalue weighted by Gasteiger charge is 2.27. The van der Waals surface area contributed by atoms with Crippen LogP contribution in [0.15, 0.2) is 24.3 Å². The van der Waals surface area contributed by atoms with E-state index in [-0.39, 0.29) is 35.8 Å². The Morgan fingerprint density at radius 2 is 2.15 bits per heavy atom. The first-order chi connectivity index (χ1) is 9.33. The van der Waals surface area contributed by atoms with Gasteiger partial charge >= 0.3 is 5.51 Å². The van der Waals surface area contributed by atoms with Gasteiger partial charge < -0.3 is 5.32 Å². The summed E-state index contributed by atoms with van der Waals surface area (Å²) in [6.45, 7) is 2.05. The number of nitrogens with zero attached hydrogens (tertiary/aromatic N) is 1. The molecule has 0 amide bonds. The van der Waals surface area contributed by atoms with Gasteiger partial charge in [0.2, 0.25) is 0 Å². The summed E-state index contributed by atoms with van der Waals surface area (Å²) in [6, 6.07) is 5.94. The first kappa shape index (κ1) is 16.8. The number of benzene rings is 1. The fourth-order valence-electron chi connectivity index (χ4n) is 1.75. The fourth-order valence-corrected chi connectivity index (χ4v) is 2.20. The maximum Gasteiger partial charge on any atom is 0.441 e. The number of nitro groups is 1. The van der Waals surface area contributed by atoms with Crippen LogP contribution < -0.4 is 5.32 Å². The molecule has 1 rings (SSSR count). The van der Waals surface area contributed by atoms with Gasteiger partial charge in [-0.15, -0.1) is 0 Å². The van der Waals surface area contributed by atoms with Gasteiger partial charge in [0, 0.05) is 30.5 Å². The predicted molar refractivity (Wildman–Crippen MR) is 72.6 cm³/mol. The first-order valence-corrected chi connectivity index (χ1v) is 7.00. The third-order valence-electron chi connectivity index (χ3n) is 2.65. The van der Waals surface area contributed by atoms with E-state index in [2.05, 4.69) is 5.32 Å². The second-order valence-corrected chi connectivity index (χ2v) is 5.22. The van der Waals surface area contributed by atoms with Crippen LogP contribution in [0.2, 0.25) is 0 Å². The van der Waals surface area contributed by atoms with Crippen LogP contribution >= 0.6 is 11.8 Å². The van der Waals surface area contributed by atoms with Crippen LogP contribution in [0.3, 0.4) is 0 Å². The Morgan fingerprint density at radius 3 is 2.70 bits per heavy atom. The molecule has 1 aromatic rings. The molecule has 1 atom stereocenters. The molecule has 0 saturated heterocycles. The Labute approximate surface area is 118 Å². The Kier molecular flexibility index (Phi) is 6.28. The topological polar surface area (TPSA) is 55.2 Å². The number of alkyl halides is 3. The molecule has 1 unspecified atom stereocenters. The number of nitrogens with one attached hydrogen (secondary N) is 1. The van der Waals surface area contributed by atoms with E-state index in [0.717, 1.165) is 0 Å². The van der Waals surface area contributed by atoms with Crippen molar-refractivity contribution in [3.63, 3.8) is 0 Å². The Balaban J connectivity index is 2.58. The first-order valence-electron chi connectivity index (χ1n) is 6.02. The zero-order valence-electron chi connectivity index (χ0n) is 10.8. The van der Waals surface area contributed by atoms with Gasteiger partial charge in [0.15, 0.2) is 0 Å². The maximum absolute atomic E-state index is 12.0. The van der Waals surface area contributed by atoms with E-state index in [1.54, 1.807) is 12.1 Å². The molecule has 0 heterocycles. The van der Waals surface area contributed by atoms with Crippen molar-refractivity contribution in [1.29, 1.82) is 0 Å². The summed E-state index contributed by atoms with van der Waals surface area (Å²) >= 11 is -0.0814. The van der Waals surface area contributed by atoms with Crippen LogP contribution in [-0.4, -0.2) is 22.7 Å². The molecule has 0 radical (unpaired) electrons. The average molecular weight is 308 g/mol. The third-order valence-corrected chi connectivity index (χ3v) is 3.39. The summed E-state index contributed by atoms with van der Waals surface area (Å²) in [6.07, 6.45) is 0.637. The second kappa shape index (κ2) is 7.49. The third kappa shape index (κ3) is 5.79. The van der Waals surface area contributed by atoms with Gasteiger partial charge in [-0.25, -0.2) is 0 Å². The standard InChI is InChI=1S/C12H15F3N2O2S/c1-2-11(16-6-7-20-12(13,14)15)9-4-3-5-10(8-9)17(18)19/h3-5,8,11,16H,2,6-7H2,1H3. The van der Waals surface area contributed by atoms with Gasteiger partial charge in [-0.05, 0) is 23.7 Å². The molecule has 0 aliphatic heterocycles. The second-order valence-electron chi connectivity index (χ2n) is 4.06. The van der Waals surface area contributed by atoms with Gasteiger partial charge in [-0.3, -0.25) is 10.1 Å². The molecule has 20 heavy (non-hydrogen) atoms. The molecule has 0 aliphatic rings. The normalized spacial score (nSPS) is 13.2. The monoisotopic (exact) mass is 308 g/mol. The lowest BCUT2D eigenvalue weighted by atomic mass is 10.0. The lowest BCUT2D eigenvalue weighted by Gasteiger charge is -2.17. The lowest BCUT2D eigenvalue weighted by Crippen LogP contribution is -2.24. The maximum atomic E-state index is 12.0. The van der Waals surface area contributed by atoms with Crippen LogP contribution in [0.1, 0.15) is 24.9 Å². The summed E-state index contributed by atoms with van der Waals surface area (Å²) in [7, 11) is 0. The van der Waals surface area contributed by atoms with E-state index in [0.29, 0.717) is 12.0 Å². The predicted octanol–water partition coefficient (Wildman–Crippen LogP) is 3.89. The van der Waals surface area contributed by atoms with Crippen molar-refractivity contribution in [2.24, 2.45) is 0 Å². The highest BCUT2D eigenvalue weighted by molar-refractivity contribution is 8.00. The summed E-state index contributed by atoms with van der Waals surface area (Å²) in [4.78, 5) is 10.2. The molecule has 1 N–H and O–H groups in total. The van der Waals surface area contributed by atoms with Crippen molar-refractivity contribution in [1.82, 2.24) is 5.32 Å². The van der Waals surface area contributed by atoms with Crippen LogP contribution in [0, 0.1) is 10.1 Å². The van der Waals surface area contributed by atoms with Crippen LogP contribution in [-0.2, 0) is 0 Å². The minimum absolute atomic E-state index is 0.0209. The van der Waals surface area contributed by atoms with Gasteiger partial charge in [0.05, 0.1) is 4.92 Å². The average Bonchev–Trinajstić information content (AvgIpc) is 2.37. The Bertz CT molecular complexity index is 455. The molecule has 0 saturated carbocycles. The quantitative estimate of drug-likeness (QED) is 0.472. The molecular weight excluding hydrogens is 293 g/mol. The molecule has 8 heteroatoms. The number of thioether (sulfide) groups is 1. The van der Waals surface area contributed by atoms with Gasteiger partial charge in [-0.1, -0.05) is 19.1 Å². The minimum atomic E-state index is -4.23. The Morgan fingerprint density at radius 1 is 1.45 bits per heavy atom. The van der Waals surface area contributed by atoms with E-state index in [1.807, 2.05) is 6.92 Å². The highest BCUT2D eigenvalue weighted by atomic mass is 32.2. The minimum Gasteiger partial charge on any atom is -0.309 e. The van der Waals surface area contributed by atoms with Crippen molar-refractivity contribution in [3.8, 4) is 0 Å². The zero-order valence-corrected chi connectivity index (χ0v) is 11.6. The van der Waals surface area contributed by atoms with Gasteiger partial charge in [0.1, 0.15) is 0 Å². The largest absolute Gasteiger partial charge is 0.441 e. The summed E-state index contributed by atoms with van der Waals surface area (Å²) in [5.74, 6) is -0.0884. The summed E-state index contributed by atoms with van der Waals surface area (Å²) in [5, 5.41) is 13.7. The van der Waals surface area contributed by atoms with Gasteiger partial charge in [-0.2, -0.15) is 13.2 Å². The van der Waals surface area contributed by atoms with E-state index >= 15 is 0 Å².